The monoisotopic (exact) mass is 211 g/mol. The second-order valence-corrected chi connectivity index (χ2v) is 4.31. The normalized spacial score (nSPS) is 41.9. The first-order chi connectivity index (χ1) is 7.17. The first kappa shape index (κ1) is 11.1. The molecule has 3 saturated heterocycles. The molecule has 0 radical (unpaired) electrons. The van der Waals surface area contributed by atoms with Gasteiger partial charge in [0.25, 0.3) is 0 Å². The number of nitrogens with zero attached hydrogens (tertiary/aromatic N) is 1. The smallest absolute Gasteiger partial charge is 0.382 e. The van der Waals surface area contributed by atoms with E-state index >= 15 is 0 Å². The van der Waals surface area contributed by atoms with Gasteiger partial charge in [0.2, 0.25) is 0 Å². The summed E-state index contributed by atoms with van der Waals surface area (Å²) in [5.41, 5.74) is 0. The van der Waals surface area contributed by atoms with Crippen LogP contribution in [0.15, 0.2) is 12.7 Å². The van der Waals surface area contributed by atoms with Crippen molar-refractivity contribution in [3.05, 3.63) is 12.7 Å². The van der Waals surface area contributed by atoms with Crippen LogP contribution >= 0.6 is 0 Å². The summed E-state index contributed by atoms with van der Waals surface area (Å²) in [5.74, 6) is 0. The van der Waals surface area contributed by atoms with Crippen molar-refractivity contribution < 1.29 is 14.0 Å². The first-order valence-corrected chi connectivity index (χ1v) is 5.48. The summed E-state index contributed by atoms with van der Waals surface area (Å²) in [6.45, 7) is 10.6. The predicted octanol–water partition coefficient (Wildman–Crippen LogP) is 0.682. The molecule has 0 amide bonds. The van der Waals surface area contributed by atoms with Crippen LogP contribution in [0.2, 0.25) is 0 Å². The van der Waals surface area contributed by atoms with Gasteiger partial charge >= 0.3 is 7.32 Å². The van der Waals surface area contributed by atoms with E-state index in [1.807, 2.05) is 13.8 Å². The molecule has 3 unspecified atom stereocenters. The van der Waals surface area contributed by atoms with Crippen LogP contribution < -0.4 is 0 Å². The van der Waals surface area contributed by atoms with Crippen molar-refractivity contribution >= 4 is 7.32 Å². The standard InChI is InChI=1S/C10H18BNO3/c1-4-10-7-12-5-8(2)13-11(15-10)14-9(3)6-12/h4,8-10H,1,5-7H2,2-3H3. The Morgan fingerprint density at radius 1 is 1.13 bits per heavy atom. The van der Waals surface area contributed by atoms with E-state index in [1.165, 1.54) is 0 Å². The molecule has 3 aliphatic heterocycles. The molecule has 3 atom stereocenters. The zero-order chi connectivity index (χ0) is 10.8. The molecule has 3 aliphatic rings. The number of hydrogen-bond donors (Lipinski definition) is 0. The Balaban J connectivity index is 2.12. The molecule has 15 heavy (non-hydrogen) atoms. The van der Waals surface area contributed by atoms with Crippen LogP contribution in [-0.4, -0.2) is 50.2 Å². The second kappa shape index (κ2) is 4.66. The van der Waals surface area contributed by atoms with E-state index in [0.29, 0.717) is 0 Å². The minimum atomic E-state index is -0.541. The lowest BCUT2D eigenvalue weighted by Gasteiger charge is -2.39. The maximum absolute atomic E-state index is 5.65. The molecule has 3 fully saturated rings. The summed E-state index contributed by atoms with van der Waals surface area (Å²) in [6.07, 6.45) is 2.09. The van der Waals surface area contributed by atoms with Crippen molar-refractivity contribution in [2.24, 2.45) is 0 Å². The molecule has 5 heteroatoms. The maximum atomic E-state index is 5.65. The summed E-state index contributed by atoms with van der Waals surface area (Å²) < 4.78 is 16.9. The molecule has 0 aliphatic carbocycles. The SMILES string of the molecule is C=CC1CN2CC(C)OB(OC(C)C2)O1. The third-order valence-corrected chi connectivity index (χ3v) is 2.70. The highest BCUT2D eigenvalue weighted by atomic mass is 16.7. The zero-order valence-electron chi connectivity index (χ0n) is 9.39. The Labute approximate surface area is 91.4 Å². The lowest BCUT2D eigenvalue weighted by molar-refractivity contribution is -0.0522. The van der Waals surface area contributed by atoms with E-state index in [9.17, 15) is 0 Å². The van der Waals surface area contributed by atoms with Gasteiger partial charge in [-0.05, 0) is 13.8 Å². The predicted molar refractivity (Wildman–Crippen MR) is 58.4 cm³/mol. The molecule has 0 saturated carbocycles. The van der Waals surface area contributed by atoms with Crippen LogP contribution in [0, 0.1) is 0 Å². The third-order valence-electron chi connectivity index (χ3n) is 2.70. The summed E-state index contributed by atoms with van der Waals surface area (Å²) >= 11 is 0. The highest BCUT2D eigenvalue weighted by molar-refractivity contribution is 6.36. The number of fused-ring (bicyclic) bond motifs is 6. The summed E-state index contributed by atoms with van der Waals surface area (Å²) in [7, 11) is -0.541. The van der Waals surface area contributed by atoms with Gasteiger partial charge in [0.15, 0.2) is 0 Å². The van der Waals surface area contributed by atoms with Gasteiger partial charge in [-0.3, -0.25) is 4.90 Å². The van der Waals surface area contributed by atoms with E-state index in [0.717, 1.165) is 19.6 Å². The van der Waals surface area contributed by atoms with Crippen LogP contribution in [-0.2, 0) is 14.0 Å². The number of rotatable bonds is 1. The summed E-state index contributed by atoms with van der Waals surface area (Å²) in [4.78, 5) is 2.30. The summed E-state index contributed by atoms with van der Waals surface area (Å²) in [5, 5.41) is 0. The fraction of sp³-hybridized carbons (Fsp3) is 0.800. The van der Waals surface area contributed by atoms with Gasteiger partial charge < -0.3 is 14.0 Å². The molecule has 3 rings (SSSR count). The average Bonchev–Trinajstić information content (AvgIpc) is 2.09. The van der Waals surface area contributed by atoms with E-state index < -0.39 is 7.32 Å². The maximum Gasteiger partial charge on any atom is 0.640 e. The Morgan fingerprint density at radius 2 is 1.73 bits per heavy atom. The number of hydrogen-bond acceptors (Lipinski definition) is 4. The van der Waals surface area contributed by atoms with Gasteiger partial charge in [0.05, 0.1) is 18.3 Å². The van der Waals surface area contributed by atoms with Crippen LogP contribution in [0.3, 0.4) is 0 Å². The fourth-order valence-electron chi connectivity index (χ4n) is 2.08. The molecule has 0 aromatic carbocycles. The van der Waals surface area contributed by atoms with Gasteiger partial charge in [-0.25, -0.2) is 0 Å². The average molecular weight is 211 g/mol. The Kier molecular flexibility index (Phi) is 3.46. The minimum Gasteiger partial charge on any atom is -0.382 e. The van der Waals surface area contributed by atoms with E-state index in [-0.39, 0.29) is 18.3 Å². The quantitative estimate of drug-likeness (QED) is 0.471. The van der Waals surface area contributed by atoms with Crippen LogP contribution in [0.5, 0.6) is 0 Å². The van der Waals surface area contributed by atoms with E-state index in [2.05, 4.69) is 11.5 Å². The highest BCUT2D eigenvalue weighted by Crippen LogP contribution is 2.16. The molecule has 4 nitrogen and oxygen atoms in total. The lowest BCUT2D eigenvalue weighted by Crippen LogP contribution is -2.53. The molecule has 84 valence electrons. The van der Waals surface area contributed by atoms with Gasteiger partial charge in [0.1, 0.15) is 0 Å². The van der Waals surface area contributed by atoms with Crippen LogP contribution in [0.25, 0.3) is 0 Å². The van der Waals surface area contributed by atoms with Crippen LogP contribution in [0.1, 0.15) is 13.8 Å². The lowest BCUT2D eigenvalue weighted by atomic mass is 10.1. The van der Waals surface area contributed by atoms with Crippen molar-refractivity contribution in [3.63, 3.8) is 0 Å². The van der Waals surface area contributed by atoms with E-state index in [4.69, 9.17) is 14.0 Å². The Bertz CT molecular complexity index is 207. The molecule has 0 spiro atoms. The largest absolute Gasteiger partial charge is 0.640 e. The van der Waals surface area contributed by atoms with Crippen LogP contribution in [0.4, 0.5) is 0 Å². The van der Waals surface area contributed by atoms with Gasteiger partial charge in [0, 0.05) is 19.6 Å². The van der Waals surface area contributed by atoms with Crippen molar-refractivity contribution in [1.82, 2.24) is 4.90 Å². The minimum absolute atomic E-state index is 0.00463. The zero-order valence-corrected chi connectivity index (χ0v) is 9.39. The third kappa shape index (κ3) is 2.81. The van der Waals surface area contributed by atoms with Gasteiger partial charge in [-0.2, -0.15) is 0 Å². The molecule has 0 aromatic rings. The molecule has 0 aromatic heterocycles. The highest BCUT2D eigenvalue weighted by Gasteiger charge is 2.36. The Morgan fingerprint density at radius 3 is 2.27 bits per heavy atom. The molecule has 0 N–H and O–H groups in total. The van der Waals surface area contributed by atoms with Crippen molar-refractivity contribution in [3.8, 4) is 0 Å². The van der Waals surface area contributed by atoms with Crippen molar-refractivity contribution in [1.29, 1.82) is 0 Å². The second-order valence-electron chi connectivity index (χ2n) is 4.31. The van der Waals surface area contributed by atoms with E-state index in [1.54, 1.807) is 6.08 Å². The first-order valence-electron chi connectivity index (χ1n) is 5.48. The summed E-state index contributed by atoms with van der Waals surface area (Å²) in [6, 6.07) is 0. The molecule has 2 bridgehead atoms. The van der Waals surface area contributed by atoms with Gasteiger partial charge in [-0.1, -0.05) is 6.08 Å². The molecule has 3 heterocycles. The Hall–Kier alpha value is -0.355. The topological polar surface area (TPSA) is 30.9 Å². The van der Waals surface area contributed by atoms with Gasteiger partial charge in [-0.15, -0.1) is 6.58 Å². The molecular formula is C10H18BNO3. The molecular weight excluding hydrogens is 193 g/mol. The fourth-order valence-corrected chi connectivity index (χ4v) is 2.08. The van der Waals surface area contributed by atoms with Crippen molar-refractivity contribution in [2.45, 2.75) is 32.2 Å². The van der Waals surface area contributed by atoms with Crippen molar-refractivity contribution in [2.75, 3.05) is 19.6 Å².